The Labute approximate surface area is 182 Å². The first-order valence-electron chi connectivity index (χ1n) is 10.8. The van der Waals surface area contributed by atoms with Gasteiger partial charge in [0.1, 0.15) is 0 Å². The molecule has 0 unspecified atom stereocenters. The summed E-state index contributed by atoms with van der Waals surface area (Å²) in [5, 5.41) is 5.62. The average Bonchev–Trinajstić information content (AvgIpc) is 3.27. The van der Waals surface area contributed by atoms with Crippen molar-refractivity contribution in [1.29, 1.82) is 0 Å². The molecule has 0 spiro atoms. The van der Waals surface area contributed by atoms with Crippen LogP contribution in [0.4, 0.5) is 5.69 Å². The molecule has 3 aromatic rings. The van der Waals surface area contributed by atoms with Crippen molar-refractivity contribution in [2.24, 2.45) is 0 Å². The summed E-state index contributed by atoms with van der Waals surface area (Å²) in [5.41, 5.74) is 2.09. The number of carbonyl (C=O) groups is 1. The van der Waals surface area contributed by atoms with Crippen LogP contribution in [0.25, 0.3) is 10.8 Å². The highest BCUT2D eigenvalue weighted by Crippen LogP contribution is 2.34. The highest BCUT2D eigenvalue weighted by Gasteiger charge is 2.26. The molecule has 0 saturated carbocycles. The first kappa shape index (κ1) is 19.8. The van der Waals surface area contributed by atoms with E-state index < -0.39 is 0 Å². The van der Waals surface area contributed by atoms with Gasteiger partial charge in [0.15, 0.2) is 11.5 Å². The van der Waals surface area contributed by atoms with Gasteiger partial charge in [0.25, 0.3) is 0 Å². The molecule has 6 heteroatoms. The monoisotopic (exact) mass is 417 g/mol. The van der Waals surface area contributed by atoms with Crippen molar-refractivity contribution in [2.45, 2.75) is 19.5 Å². The van der Waals surface area contributed by atoms with Gasteiger partial charge >= 0.3 is 0 Å². The van der Waals surface area contributed by atoms with E-state index in [1.54, 1.807) is 0 Å². The van der Waals surface area contributed by atoms with Gasteiger partial charge in [-0.25, -0.2) is 0 Å². The number of nitrogens with zero attached hydrogens (tertiary/aromatic N) is 2. The summed E-state index contributed by atoms with van der Waals surface area (Å²) in [6.07, 6.45) is 0. The fraction of sp³-hybridized carbons (Fsp3) is 0.320. The first-order valence-corrected chi connectivity index (χ1v) is 10.8. The smallest absolute Gasteiger partial charge is 0.241 e. The van der Waals surface area contributed by atoms with E-state index in [4.69, 9.17) is 9.47 Å². The Bertz CT molecular complexity index is 1090. The Morgan fingerprint density at radius 1 is 0.968 bits per heavy atom. The molecular weight excluding hydrogens is 390 g/mol. The van der Waals surface area contributed by atoms with Crippen LogP contribution in [0.1, 0.15) is 12.5 Å². The molecule has 5 rings (SSSR count). The lowest BCUT2D eigenvalue weighted by molar-refractivity contribution is -0.121. The van der Waals surface area contributed by atoms with Gasteiger partial charge in [-0.2, -0.15) is 0 Å². The predicted molar refractivity (Wildman–Crippen MR) is 121 cm³/mol. The number of fused-ring (bicyclic) bond motifs is 2. The number of carbonyl (C=O) groups excluding carboxylic acids is 1. The van der Waals surface area contributed by atoms with E-state index >= 15 is 0 Å². The lowest BCUT2D eigenvalue weighted by Crippen LogP contribution is -2.52. The summed E-state index contributed by atoms with van der Waals surface area (Å²) < 4.78 is 10.7. The normalized spacial score (nSPS) is 17.6. The Balaban J connectivity index is 1.17. The van der Waals surface area contributed by atoms with Gasteiger partial charge in [-0.3, -0.25) is 14.6 Å². The maximum atomic E-state index is 12.8. The van der Waals surface area contributed by atoms with Gasteiger partial charge < -0.3 is 14.8 Å². The first-order chi connectivity index (χ1) is 15.2. The number of anilines is 1. The van der Waals surface area contributed by atoms with Crippen molar-refractivity contribution in [3.8, 4) is 11.5 Å². The second-order valence-corrected chi connectivity index (χ2v) is 8.18. The molecule has 2 aliphatic heterocycles. The molecule has 1 amide bonds. The third kappa shape index (κ3) is 4.22. The van der Waals surface area contributed by atoms with Crippen LogP contribution < -0.4 is 14.8 Å². The average molecular weight is 418 g/mol. The molecule has 0 radical (unpaired) electrons. The fourth-order valence-corrected chi connectivity index (χ4v) is 4.37. The number of hydrogen-bond donors (Lipinski definition) is 1. The van der Waals surface area contributed by atoms with Crippen molar-refractivity contribution >= 4 is 22.4 Å². The van der Waals surface area contributed by atoms with E-state index in [-0.39, 0.29) is 18.7 Å². The molecular formula is C25H27N3O3. The number of hydrogen-bond acceptors (Lipinski definition) is 5. The summed E-state index contributed by atoms with van der Waals surface area (Å²) in [6, 6.07) is 20.4. The second-order valence-electron chi connectivity index (χ2n) is 8.18. The molecule has 0 bridgehead atoms. The molecule has 1 saturated heterocycles. The summed E-state index contributed by atoms with van der Waals surface area (Å²) in [7, 11) is 0. The Morgan fingerprint density at radius 2 is 1.74 bits per heavy atom. The van der Waals surface area contributed by atoms with Crippen LogP contribution in [0.3, 0.4) is 0 Å². The van der Waals surface area contributed by atoms with Crippen LogP contribution in [0.2, 0.25) is 0 Å². The largest absolute Gasteiger partial charge is 0.454 e. The molecule has 0 aromatic heterocycles. The van der Waals surface area contributed by atoms with Gasteiger partial charge in [0, 0.05) is 44.5 Å². The maximum absolute atomic E-state index is 12.8. The van der Waals surface area contributed by atoms with Crippen LogP contribution in [0.5, 0.6) is 11.5 Å². The number of rotatable bonds is 5. The number of amides is 1. The summed E-state index contributed by atoms with van der Waals surface area (Å²) >= 11 is 0. The molecule has 2 heterocycles. The fourth-order valence-electron chi connectivity index (χ4n) is 4.37. The number of ether oxygens (including phenoxy) is 2. The number of benzene rings is 3. The van der Waals surface area contributed by atoms with E-state index in [0.717, 1.165) is 38.4 Å². The van der Waals surface area contributed by atoms with Crippen molar-refractivity contribution in [3.05, 3.63) is 66.2 Å². The summed E-state index contributed by atoms with van der Waals surface area (Å²) in [6.45, 7) is 6.79. The summed E-state index contributed by atoms with van der Waals surface area (Å²) in [5.74, 6) is 1.39. The molecule has 0 aliphatic carbocycles. The maximum Gasteiger partial charge on any atom is 0.241 e. The minimum absolute atomic E-state index is 0.00127. The third-order valence-electron chi connectivity index (χ3n) is 6.25. The zero-order valence-electron chi connectivity index (χ0n) is 17.7. The Kier molecular flexibility index (Phi) is 5.49. The topological polar surface area (TPSA) is 54.0 Å². The Hall–Kier alpha value is -3.09. The van der Waals surface area contributed by atoms with Crippen molar-refractivity contribution < 1.29 is 14.3 Å². The van der Waals surface area contributed by atoms with Crippen LogP contribution in [0, 0.1) is 0 Å². The standard InChI is InChI=1S/C25H27N3O3/c1-18(25(29)26-21-9-10-23-24(15-21)31-17-30-23)28-13-11-27(12-14-28)16-20-7-4-6-19-5-2-3-8-22(19)20/h2-10,15,18H,11-14,16-17H2,1H3,(H,26,29)/t18-/m1/s1. The van der Waals surface area contributed by atoms with Crippen molar-refractivity contribution in [2.75, 3.05) is 38.3 Å². The molecule has 1 fully saturated rings. The van der Waals surface area contributed by atoms with E-state index in [0.29, 0.717) is 11.5 Å². The van der Waals surface area contributed by atoms with Crippen LogP contribution in [0.15, 0.2) is 60.7 Å². The lowest BCUT2D eigenvalue weighted by Gasteiger charge is -2.37. The SMILES string of the molecule is C[C@H](C(=O)Nc1ccc2c(c1)OCO2)N1CCN(Cc2cccc3ccccc23)CC1. The van der Waals surface area contributed by atoms with E-state index in [9.17, 15) is 4.79 Å². The molecule has 1 N–H and O–H groups in total. The molecule has 6 nitrogen and oxygen atoms in total. The van der Waals surface area contributed by atoms with Crippen LogP contribution >= 0.6 is 0 Å². The quantitative estimate of drug-likeness (QED) is 0.686. The summed E-state index contributed by atoms with van der Waals surface area (Å²) in [4.78, 5) is 17.5. The highest BCUT2D eigenvalue weighted by molar-refractivity contribution is 5.94. The molecule has 2 aliphatic rings. The molecule has 160 valence electrons. The molecule has 1 atom stereocenters. The van der Waals surface area contributed by atoms with Gasteiger partial charge in [0.2, 0.25) is 12.7 Å². The number of piperazine rings is 1. The van der Waals surface area contributed by atoms with Gasteiger partial charge in [-0.1, -0.05) is 42.5 Å². The Morgan fingerprint density at radius 3 is 2.61 bits per heavy atom. The third-order valence-corrected chi connectivity index (χ3v) is 6.25. The zero-order valence-corrected chi connectivity index (χ0v) is 17.7. The van der Waals surface area contributed by atoms with Gasteiger partial charge in [-0.05, 0) is 35.4 Å². The van der Waals surface area contributed by atoms with Crippen LogP contribution in [-0.4, -0.2) is 54.7 Å². The molecule has 3 aromatic carbocycles. The van der Waals surface area contributed by atoms with E-state index in [2.05, 4.69) is 57.6 Å². The van der Waals surface area contributed by atoms with Crippen molar-refractivity contribution in [3.63, 3.8) is 0 Å². The highest BCUT2D eigenvalue weighted by atomic mass is 16.7. The van der Waals surface area contributed by atoms with Crippen LogP contribution in [-0.2, 0) is 11.3 Å². The predicted octanol–water partition coefficient (Wildman–Crippen LogP) is 3.71. The minimum atomic E-state index is -0.190. The van der Waals surface area contributed by atoms with Gasteiger partial charge in [0.05, 0.1) is 6.04 Å². The molecule has 31 heavy (non-hydrogen) atoms. The lowest BCUT2D eigenvalue weighted by atomic mass is 10.0. The zero-order chi connectivity index (χ0) is 21.2. The van der Waals surface area contributed by atoms with Gasteiger partial charge in [-0.15, -0.1) is 0 Å². The van der Waals surface area contributed by atoms with E-state index in [1.807, 2.05) is 25.1 Å². The van der Waals surface area contributed by atoms with Crippen molar-refractivity contribution in [1.82, 2.24) is 9.80 Å². The van der Waals surface area contributed by atoms with E-state index in [1.165, 1.54) is 16.3 Å². The minimum Gasteiger partial charge on any atom is -0.454 e. The number of nitrogens with one attached hydrogen (secondary N) is 1. The second kappa shape index (κ2) is 8.57.